The van der Waals surface area contributed by atoms with Crippen LogP contribution in [0.3, 0.4) is 0 Å². The molecule has 1 heterocycles. The number of carboxylic acid groups (broad SMARTS) is 1. The number of hydrogen-bond donors (Lipinski definition) is 2. The van der Waals surface area contributed by atoms with Gasteiger partial charge < -0.3 is 15.2 Å². The molecule has 2 N–H and O–H groups in total. The van der Waals surface area contributed by atoms with Gasteiger partial charge in [0.15, 0.2) is 5.78 Å². The van der Waals surface area contributed by atoms with Crippen LogP contribution in [-0.4, -0.2) is 34.5 Å². The number of halogens is 2. The van der Waals surface area contributed by atoms with Crippen LogP contribution in [0.2, 0.25) is 10.0 Å². The third kappa shape index (κ3) is 8.54. The van der Waals surface area contributed by atoms with Crippen LogP contribution < -0.4 is 10.1 Å². The standard InChI is InChI=1S/C28H30Cl2N2O4/c1-18(2)14-22(32-21-9-6-19(7-10-21)27(33)4-3-5-28(34)35)17-36-23-11-13-26(31-16-23)24-12-8-20(29)15-25(24)30/h6-13,15-16,18,22,32H,3-5,14,17H2,1-2H3,(H,34,35)/t22-/m0/s1. The Kier molecular flexibility index (Phi) is 10.1. The largest absolute Gasteiger partial charge is 0.490 e. The number of aliphatic carboxylic acids is 1. The molecule has 3 aromatic rings. The predicted molar refractivity (Wildman–Crippen MR) is 144 cm³/mol. The van der Waals surface area contributed by atoms with Gasteiger partial charge in [-0.05, 0) is 73.4 Å². The van der Waals surface area contributed by atoms with Crippen molar-refractivity contribution in [3.05, 3.63) is 76.4 Å². The monoisotopic (exact) mass is 528 g/mol. The Bertz CT molecular complexity index is 1170. The van der Waals surface area contributed by atoms with Crippen LogP contribution in [0.1, 0.15) is 49.9 Å². The zero-order valence-corrected chi connectivity index (χ0v) is 21.9. The minimum atomic E-state index is -0.890. The first-order valence-corrected chi connectivity index (χ1v) is 12.6. The molecule has 8 heteroatoms. The molecule has 36 heavy (non-hydrogen) atoms. The van der Waals surface area contributed by atoms with E-state index < -0.39 is 5.97 Å². The van der Waals surface area contributed by atoms with E-state index in [2.05, 4.69) is 24.1 Å². The van der Waals surface area contributed by atoms with Crippen LogP contribution >= 0.6 is 23.2 Å². The lowest BCUT2D eigenvalue weighted by atomic mass is 10.0. The Morgan fingerprint density at radius 3 is 2.39 bits per heavy atom. The average molecular weight is 529 g/mol. The number of carbonyl (C=O) groups excluding carboxylic acids is 1. The summed E-state index contributed by atoms with van der Waals surface area (Å²) in [7, 11) is 0. The number of benzene rings is 2. The number of pyridine rings is 1. The van der Waals surface area contributed by atoms with Gasteiger partial charge in [-0.25, -0.2) is 0 Å². The van der Waals surface area contributed by atoms with Crippen molar-refractivity contribution in [1.29, 1.82) is 0 Å². The molecule has 3 rings (SSSR count). The predicted octanol–water partition coefficient (Wildman–Crippen LogP) is 7.40. The molecule has 0 amide bonds. The second-order valence-corrected chi connectivity index (χ2v) is 9.88. The van der Waals surface area contributed by atoms with E-state index in [0.29, 0.717) is 40.3 Å². The van der Waals surface area contributed by atoms with E-state index in [1.165, 1.54) is 0 Å². The summed E-state index contributed by atoms with van der Waals surface area (Å²) < 4.78 is 6.03. The number of anilines is 1. The van der Waals surface area contributed by atoms with Gasteiger partial charge in [-0.2, -0.15) is 0 Å². The zero-order valence-electron chi connectivity index (χ0n) is 20.3. The summed E-state index contributed by atoms with van der Waals surface area (Å²) >= 11 is 12.3. The Balaban J connectivity index is 1.58. The molecule has 0 radical (unpaired) electrons. The van der Waals surface area contributed by atoms with Gasteiger partial charge in [0, 0.05) is 34.7 Å². The smallest absolute Gasteiger partial charge is 0.303 e. The molecule has 0 spiro atoms. The van der Waals surface area contributed by atoms with E-state index in [1.807, 2.05) is 30.3 Å². The number of rotatable bonds is 13. The fourth-order valence-corrected chi connectivity index (χ4v) is 4.29. The molecular formula is C28H30Cl2N2O4. The van der Waals surface area contributed by atoms with Gasteiger partial charge in [0.25, 0.3) is 0 Å². The van der Waals surface area contributed by atoms with Crippen molar-refractivity contribution in [2.24, 2.45) is 5.92 Å². The minimum Gasteiger partial charge on any atom is -0.490 e. The molecule has 2 aromatic carbocycles. The topological polar surface area (TPSA) is 88.5 Å². The lowest BCUT2D eigenvalue weighted by molar-refractivity contribution is -0.137. The summed E-state index contributed by atoms with van der Waals surface area (Å²) in [5, 5.41) is 13.3. The summed E-state index contributed by atoms with van der Waals surface area (Å²) in [6, 6.07) is 16.3. The molecule has 1 atom stereocenters. The third-order valence-corrected chi connectivity index (χ3v) is 6.07. The molecular weight excluding hydrogens is 499 g/mol. The Labute approximate surface area is 221 Å². The molecule has 190 valence electrons. The maximum atomic E-state index is 12.3. The van der Waals surface area contributed by atoms with Crippen LogP contribution in [-0.2, 0) is 4.79 Å². The van der Waals surface area contributed by atoms with Crippen LogP contribution in [0.15, 0.2) is 60.8 Å². The van der Waals surface area contributed by atoms with E-state index in [1.54, 1.807) is 30.5 Å². The molecule has 0 aliphatic rings. The molecule has 0 fully saturated rings. The van der Waals surface area contributed by atoms with E-state index in [-0.39, 0.29) is 24.7 Å². The Morgan fingerprint density at radius 2 is 1.78 bits per heavy atom. The van der Waals surface area contributed by atoms with Crippen LogP contribution in [0.4, 0.5) is 5.69 Å². The van der Waals surface area contributed by atoms with Gasteiger partial charge in [-0.3, -0.25) is 14.6 Å². The summed E-state index contributed by atoms with van der Waals surface area (Å²) in [5.41, 5.74) is 3.00. The maximum absolute atomic E-state index is 12.3. The molecule has 6 nitrogen and oxygen atoms in total. The number of nitrogens with zero attached hydrogens (tertiary/aromatic N) is 1. The number of Topliss-reactive ketones (excluding diaryl/α,β-unsaturated/α-hetero) is 1. The van der Waals surface area contributed by atoms with Crippen molar-refractivity contribution in [1.82, 2.24) is 4.98 Å². The highest BCUT2D eigenvalue weighted by atomic mass is 35.5. The summed E-state index contributed by atoms with van der Waals surface area (Å²) in [4.78, 5) is 27.4. The number of carbonyl (C=O) groups is 2. The zero-order chi connectivity index (χ0) is 26.1. The van der Waals surface area contributed by atoms with Crippen LogP contribution in [0.25, 0.3) is 11.3 Å². The highest BCUT2D eigenvalue weighted by Gasteiger charge is 2.14. The summed E-state index contributed by atoms with van der Waals surface area (Å²) in [6.07, 6.45) is 3.12. The minimum absolute atomic E-state index is 0.00458. The van der Waals surface area contributed by atoms with Crippen LogP contribution in [0, 0.1) is 5.92 Å². The van der Waals surface area contributed by atoms with Crippen molar-refractivity contribution in [2.45, 2.75) is 45.6 Å². The van der Waals surface area contributed by atoms with E-state index in [4.69, 9.17) is 33.0 Å². The van der Waals surface area contributed by atoms with E-state index in [0.717, 1.165) is 23.4 Å². The highest BCUT2D eigenvalue weighted by molar-refractivity contribution is 6.36. The molecule has 0 saturated carbocycles. The fourth-order valence-electron chi connectivity index (χ4n) is 3.79. The highest BCUT2D eigenvalue weighted by Crippen LogP contribution is 2.29. The lowest BCUT2D eigenvalue weighted by Gasteiger charge is -2.22. The molecule has 0 aliphatic heterocycles. The number of nitrogens with one attached hydrogen (secondary N) is 1. The van der Waals surface area contributed by atoms with Crippen LogP contribution in [0.5, 0.6) is 5.75 Å². The van der Waals surface area contributed by atoms with Gasteiger partial charge in [-0.15, -0.1) is 0 Å². The fraction of sp³-hybridized carbons (Fsp3) is 0.321. The van der Waals surface area contributed by atoms with E-state index in [9.17, 15) is 9.59 Å². The van der Waals surface area contributed by atoms with Crippen molar-refractivity contribution in [2.75, 3.05) is 11.9 Å². The van der Waals surface area contributed by atoms with Gasteiger partial charge >= 0.3 is 5.97 Å². The van der Waals surface area contributed by atoms with Gasteiger partial charge in [0.05, 0.1) is 23.0 Å². The number of ether oxygens (including phenoxy) is 1. The first kappa shape index (κ1) is 27.5. The molecule has 0 bridgehead atoms. The second kappa shape index (κ2) is 13.3. The number of aromatic nitrogens is 1. The lowest BCUT2D eigenvalue weighted by Crippen LogP contribution is -2.28. The van der Waals surface area contributed by atoms with Gasteiger partial charge in [0.2, 0.25) is 0 Å². The molecule has 1 aromatic heterocycles. The van der Waals surface area contributed by atoms with Crippen molar-refractivity contribution < 1.29 is 19.4 Å². The average Bonchev–Trinajstić information content (AvgIpc) is 2.83. The third-order valence-electron chi connectivity index (χ3n) is 5.52. The Morgan fingerprint density at radius 1 is 1.03 bits per heavy atom. The maximum Gasteiger partial charge on any atom is 0.303 e. The normalized spacial score (nSPS) is 11.8. The summed E-state index contributed by atoms with van der Waals surface area (Å²) in [6.45, 7) is 4.75. The second-order valence-electron chi connectivity index (χ2n) is 9.03. The number of ketones is 1. The molecule has 0 saturated heterocycles. The van der Waals surface area contributed by atoms with Crippen molar-refractivity contribution in [3.8, 4) is 17.0 Å². The first-order valence-electron chi connectivity index (χ1n) is 11.9. The SMILES string of the molecule is CC(C)C[C@@H](COc1ccc(-c2ccc(Cl)cc2Cl)nc1)Nc1ccc(C(=O)CCCC(=O)O)cc1. The molecule has 0 aliphatic carbocycles. The quantitative estimate of drug-likeness (QED) is 0.224. The summed E-state index contributed by atoms with van der Waals surface area (Å²) in [5.74, 6) is 0.162. The Hall–Kier alpha value is -3.09. The first-order chi connectivity index (χ1) is 17.2. The van der Waals surface area contributed by atoms with Crippen molar-refractivity contribution in [3.63, 3.8) is 0 Å². The molecule has 0 unspecified atom stereocenters. The number of hydrogen-bond acceptors (Lipinski definition) is 5. The number of carboxylic acids is 1. The van der Waals surface area contributed by atoms with E-state index >= 15 is 0 Å². The van der Waals surface area contributed by atoms with Crippen molar-refractivity contribution >= 4 is 40.6 Å². The van der Waals surface area contributed by atoms with Gasteiger partial charge in [-0.1, -0.05) is 37.0 Å². The van der Waals surface area contributed by atoms with Gasteiger partial charge in [0.1, 0.15) is 12.4 Å².